The molecule has 0 saturated carbocycles. The second-order valence-corrected chi connectivity index (χ2v) is 3.67. The maximum atomic E-state index is 11.8. The monoisotopic (exact) mass is 249 g/mol. The zero-order chi connectivity index (χ0) is 13.3. The molecule has 2 aromatic heterocycles. The number of aromatic nitrogens is 2. The third-order valence-electron chi connectivity index (χ3n) is 2.41. The minimum Gasteiger partial charge on any atom is -0.477 e. The molecule has 2 rings (SSSR count). The first-order valence-corrected chi connectivity index (χ1v) is 5.12. The summed E-state index contributed by atoms with van der Waals surface area (Å²) in [6.07, 6.45) is 1.36. The number of amides is 1. The van der Waals surface area contributed by atoms with Gasteiger partial charge < -0.3 is 14.8 Å². The number of anilines is 1. The summed E-state index contributed by atoms with van der Waals surface area (Å²) in [4.78, 5) is 22.9. The van der Waals surface area contributed by atoms with Crippen LogP contribution in [0.25, 0.3) is 0 Å². The van der Waals surface area contributed by atoms with Gasteiger partial charge in [0.1, 0.15) is 11.4 Å². The molecule has 0 unspecified atom stereocenters. The van der Waals surface area contributed by atoms with E-state index in [9.17, 15) is 9.59 Å². The molecule has 0 aliphatic heterocycles. The van der Waals surface area contributed by atoms with Crippen LogP contribution >= 0.6 is 0 Å². The topological polar surface area (TPSA) is 97.4 Å². The van der Waals surface area contributed by atoms with Crippen LogP contribution in [0.2, 0.25) is 0 Å². The van der Waals surface area contributed by atoms with Crippen molar-refractivity contribution < 1.29 is 19.1 Å². The SMILES string of the molecule is Cc1nn(C)c(NC(=O)c2ccco2)c1C(=O)O. The van der Waals surface area contributed by atoms with Crippen LogP contribution in [0, 0.1) is 6.92 Å². The normalized spacial score (nSPS) is 10.3. The Labute approximate surface area is 102 Å². The molecule has 0 radical (unpaired) electrons. The molecule has 0 bridgehead atoms. The number of nitrogens with one attached hydrogen (secondary N) is 1. The lowest BCUT2D eigenvalue weighted by Crippen LogP contribution is -2.16. The van der Waals surface area contributed by atoms with Crippen molar-refractivity contribution in [3.63, 3.8) is 0 Å². The molecular formula is C11H11N3O4. The van der Waals surface area contributed by atoms with E-state index in [1.807, 2.05) is 0 Å². The van der Waals surface area contributed by atoms with E-state index in [0.717, 1.165) is 0 Å². The van der Waals surface area contributed by atoms with Gasteiger partial charge in [-0.15, -0.1) is 0 Å². The summed E-state index contributed by atoms with van der Waals surface area (Å²) in [5, 5.41) is 15.5. The van der Waals surface area contributed by atoms with E-state index in [-0.39, 0.29) is 17.1 Å². The van der Waals surface area contributed by atoms with Gasteiger partial charge in [0.15, 0.2) is 5.76 Å². The zero-order valence-corrected chi connectivity index (χ0v) is 9.80. The molecule has 2 aromatic rings. The Balaban J connectivity index is 2.35. The molecule has 7 nitrogen and oxygen atoms in total. The fourth-order valence-corrected chi connectivity index (χ4v) is 1.63. The van der Waals surface area contributed by atoms with Gasteiger partial charge in [0.2, 0.25) is 0 Å². The lowest BCUT2D eigenvalue weighted by molar-refractivity contribution is 0.0697. The average Bonchev–Trinajstić information content (AvgIpc) is 2.87. The van der Waals surface area contributed by atoms with Crippen LogP contribution in [0.4, 0.5) is 5.82 Å². The fraction of sp³-hybridized carbons (Fsp3) is 0.182. The van der Waals surface area contributed by atoms with Gasteiger partial charge in [-0.2, -0.15) is 5.10 Å². The van der Waals surface area contributed by atoms with Crippen molar-refractivity contribution in [2.24, 2.45) is 7.05 Å². The Morgan fingerprint density at radius 3 is 2.78 bits per heavy atom. The van der Waals surface area contributed by atoms with E-state index in [0.29, 0.717) is 5.69 Å². The summed E-state index contributed by atoms with van der Waals surface area (Å²) in [6.45, 7) is 1.56. The predicted octanol–water partition coefficient (Wildman–Crippen LogP) is 1.27. The summed E-state index contributed by atoms with van der Waals surface area (Å²) in [7, 11) is 1.55. The average molecular weight is 249 g/mol. The molecule has 2 N–H and O–H groups in total. The number of aromatic carboxylic acids is 1. The van der Waals surface area contributed by atoms with Gasteiger partial charge in [0, 0.05) is 7.05 Å². The van der Waals surface area contributed by atoms with Gasteiger partial charge in [0.05, 0.1) is 12.0 Å². The van der Waals surface area contributed by atoms with Crippen molar-refractivity contribution in [2.75, 3.05) is 5.32 Å². The van der Waals surface area contributed by atoms with E-state index in [2.05, 4.69) is 10.4 Å². The molecule has 2 heterocycles. The molecule has 94 valence electrons. The van der Waals surface area contributed by atoms with Gasteiger partial charge in [-0.3, -0.25) is 9.48 Å². The number of nitrogens with zero attached hydrogens (tertiary/aromatic N) is 2. The van der Waals surface area contributed by atoms with Gasteiger partial charge in [-0.25, -0.2) is 4.79 Å². The van der Waals surface area contributed by atoms with E-state index in [1.165, 1.54) is 17.0 Å². The number of carboxylic acid groups (broad SMARTS) is 1. The number of hydrogen-bond donors (Lipinski definition) is 2. The van der Waals surface area contributed by atoms with Crippen molar-refractivity contribution in [3.8, 4) is 0 Å². The number of carboxylic acids is 1. The summed E-state index contributed by atoms with van der Waals surface area (Å²) >= 11 is 0. The van der Waals surface area contributed by atoms with Crippen LogP contribution in [0.3, 0.4) is 0 Å². The van der Waals surface area contributed by atoms with Crippen LogP contribution < -0.4 is 5.32 Å². The van der Waals surface area contributed by atoms with E-state index >= 15 is 0 Å². The Morgan fingerprint density at radius 1 is 1.50 bits per heavy atom. The van der Waals surface area contributed by atoms with Crippen molar-refractivity contribution in [2.45, 2.75) is 6.92 Å². The first-order chi connectivity index (χ1) is 8.50. The quantitative estimate of drug-likeness (QED) is 0.853. The Kier molecular flexibility index (Phi) is 2.88. The molecule has 0 aromatic carbocycles. The summed E-state index contributed by atoms with van der Waals surface area (Å²) in [5.74, 6) is -1.44. The van der Waals surface area contributed by atoms with Gasteiger partial charge in [-0.1, -0.05) is 0 Å². The van der Waals surface area contributed by atoms with E-state index in [4.69, 9.17) is 9.52 Å². The van der Waals surface area contributed by atoms with Crippen LogP contribution in [-0.2, 0) is 7.05 Å². The highest BCUT2D eigenvalue weighted by Gasteiger charge is 2.22. The fourth-order valence-electron chi connectivity index (χ4n) is 1.63. The number of carbonyl (C=O) groups excluding carboxylic acids is 1. The second kappa shape index (κ2) is 4.36. The molecule has 0 aliphatic rings. The van der Waals surface area contributed by atoms with Crippen molar-refractivity contribution in [1.29, 1.82) is 0 Å². The third kappa shape index (κ3) is 1.97. The number of furan rings is 1. The minimum atomic E-state index is -1.14. The van der Waals surface area contributed by atoms with Crippen LogP contribution in [0.1, 0.15) is 26.6 Å². The third-order valence-corrected chi connectivity index (χ3v) is 2.41. The maximum Gasteiger partial charge on any atom is 0.341 e. The smallest absolute Gasteiger partial charge is 0.341 e. The zero-order valence-electron chi connectivity index (χ0n) is 9.80. The van der Waals surface area contributed by atoms with Crippen molar-refractivity contribution in [1.82, 2.24) is 9.78 Å². The molecule has 0 aliphatic carbocycles. The molecule has 18 heavy (non-hydrogen) atoms. The molecule has 0 spiro atoms. The minimum absolute atomic E-state index is 0.0302. The highest BCUT2D eigenvalue weighted by Crippen LogP contribution is 2.19. The number of aryl methyl sites for hydroxylation is 2. The first-order valence-electron chi connectivity index (χ1n) is 5.12. The highest BCUT2D eigenvalue weighted by molar-refractivity contribution is 6.05. The Bertz CT molecular complexity index is 598. The van der Waals surface area contributed by atoms with E-state index in [1.54, 1.807) is 20.0 Å². The Hall–Kier alpha value is -2.57. The number of hydrogen-bond acceptors (Lipinski definition) is 4. The van der Waals surface area contributed by atoms with Crippen molar-refractivity contribution >= 4 is 17.7 Å². The maximum absolute atomic E-state index is 11.8. The Morgan fingerprint density at radius 2 is 2.22 bits per heavy atom. The highest BCUT2D eigenvalue weighted by atomic mass is 16.4. The molecular weight excluding hydrogens is 238 g/mol. The first kappa shape index (κ1) is 11.9. The molecule has 1 amide bonds. The van der Waals surface area contributed by atoms with Crippen LogP contribution in [-0.4, -0.2) is 26.8 Å². The lowest BCUT2D eigenvalue weighted by atomic mass is 10.2. The summed E-state index contributed by atoms with van der Waals surface area (Å²) in [6, 6.07) is 3.06. The number of carbonyl (C=O) groups is 2. The van der Waals surface area contributed by atoms with Gasteiger partial charge >= 0.3 is 5.97 Å². The lowest BCUT2D eigenvalue weighted by Gasteiger charge is -2.04. The van der Waals surface area contributed by atoms with Gasteiger partial charge in [-0.05, 0) is 19.1 Å². The predicted molar refractivity (Wildman–Crippen MR) is 61.6 cm³/mol. The van der Waals surface area contributed by atoms with Crippen molar-refractivity contribution in [3.05, 3.63) is 35.4 Å². The summed E-state index contributed by atoms with van der Waals surface area (Å²) < 4.78 is 6.23. The molecule has 0 atom stereocenters. The van der Waals surface area contributed by atoms with Crippen LogP contribution in [0.15, 0.2) is 22.8 Å². The summed E-state index contributed by atoms with van der Waals surface area (Å²) in [5.41, 5.74) is 0.303. The number of rotatable bonds is 3. The standard InChI is InChI=1S/C11H11N3O4/c1-6-8(11(16)17)9(14(2)13-6)12-10(15)7-4-3-5-18-7/h3-5H,1-2H3,(H,12,15)(H,16,17). The van der Waals surface area contributed by atoms with E-state index < -0.39 is 11.9 Å². The molecule has 0 fully saturated rings. The molecule has 7 heteroatoms. The van der Waals surface area contributed by atoms with Gasteiger partial charge in [0.25, 0.3) is 5.91 Å². The largest absolute Gasteiger partial charge is 0.477 e. The second-order valence-electron chi connectivity index (χ2n) is 3.67. The molecule has 0 saturated heterocycles. The van der Waals surface area contributed by atoms with Crippen LogP contribution in [0.5, 0.6) is 0 Å².